The summed E-state index contributed by atoms with van der Waals surface area (Å²) in [6, 6.07) is 6.98. The summed E-state index contributed by atoms with van der Waals surface area (Å²) >= 11 is 0. The number of carbonyl (C=O) groups is 1. The van der Waals surface area contributed by atoms with E-state index in [4.69, 9.17) is 4.74 Å². The third-order valence-electron chi connectivity index (χ3n) is 4.87. The van der Waals surface area contributed by atoms with E-state index in [1.807, 2.05) is 17.0 Å². The van der Waals surface area contributed by atoms with E-state index in [0.29, 0.717) is 57.1 Å². The van der Waals surface area contributed by atoms with Gasteiger partial charge in [-0.15, -0.1) is 0 Å². The normalized spacial score (nSPS) is 19.8. The highest BCUT2D eigenvalue weighted by Crippen LogP contribution is 2.21. The molecule has 0 radical (unpaired) electrons. The largest absolute Gasteiger partial charge is 0.378 e. The number of aryl methyl sites for hydroxylation is 1. The number of hydrogen-bond donors (Lipinski definition) is 0. The molecule has 0 unspecified atom stereocenters. The lowest BCUT2D eigenvalue weighted by Crippen LogP contribution is -2.40. The molecule has 0 bridgehead atoms. The minimum atomic E-state index is -3.38. The second-order valence-corrected chi connectivity index (χ2v) is 8.54. The van der Waals surface area contributed by atoms with E-state index >= 15 is 0 Å². The fourth-order valence-electron chi connectivity index (χ4n) is 3.30. The lowest BCUT2D eigenvalue weighted by atomic mass is 10.1. The van der Waals surface area contributed by atoms with E-state index in [9.17, 15) is 13.2 Å². The highest BCUT2D eigenvalue weighted by molar-refractivity contribution is 7.89. The van der Waals surface area contributed by atoms with Gasteiger partial charge in [-0.05, 0) is 37.0 Å². The average Bonchev–Trinajstić information content (AvgIpc) is 2.68. The van der Waals surface area contributed by atoms with Gasteiger partial charge in [-0.3, -0.25) is 4.79 Å². The highest BCUT2D eigenvalue weighted by Gasteiger charge is 2.25. The number of sulfonamides is 1. The standard InChI is InChI=1S/C18H26N2O4S/c21-18(19-12-14-24-15-13-19)9-6-16-4-7-17(8-5-16)25(22,23)20-10-2-1-3-11-20/h4-5,7-8H,1-3,6,9-15H2. The molecule has 0 N–H and O–H groups in total. The number of morpholine rings is 1. The molecular weight excluding hydrogens is 340 g/mol. The van der Waals surface area contributed by atoms with Gasteiger partial charge in [-0.1, -0.05) is 18.6 Å². The monoisotopic (exact) mass is 366 g/mol. The zero-order valence-electron chi connectivity index (χ0n) is 14.5. The van der Waals surface area contributed by atoms with Gasteiger partial charge in [0.1, 0.15) is 0 Å². The number of ether oxygens (including phenoxy) is 1. The smallest absolute Gasteiger partial charge is 0.243 e. The summed E-state index contributed by atoms with van der Waals surface area (Å²) in [5.41, 5.74) is 0.985. The maximum Gasteiger partial charge on any atom is 0.243 e. The Balaban J connectivity index is 1.57. The zero-order chi connectivity index (χ0) is 17.7. The molecule has 1 amide bonds. The number of hydrogen-bond acceptors (Lipinski definition) is 4. The molecule has 3 rings (SSSR count). The van der Waals surface area contributed by atoms with Crippen molar-refractivity contribution in [1.82, 2.24) is 9.21 Å². The number of benzene rings is 1. The molecule has 1 aromatic rings. The van der Waals surface area contributed by atoms with Crippen molar-refractivity contribution in [3.05, 3.63) is 29.8 Å². The molecule has 2 aliphatic rings. The molecule has 6 nitrogen and oxygen atoms in total. The van der Waals surface area contributed by atoms with Gasteiger partial charge in [0.15, 0.2) is 0 Å². The number of rotatable bonds is 5. The molecule has 1 aromatic carbocycles. The lowest BCUT2D eigenvalue weighted by molar-refractivity contribution is -0.135. The fraction of sp³-hybridized carbons (Fsp3) is 0.611. The van der Waals surface area contributed by atoms with Crippen molar-refractivity contribution in [3.63, 3.8) is 0 Å². The Labute approximate surface area is 149 Å². The van der Waals surface area contributed by atoms with Crippen LogP contribution in [0.4, 0.5) is 0 Å². The summed E-state index contributed by atoms with van der Waals surface area (Å²) in [6.07, 6.45) is 4.03. The minimum absolute atomic E-state index is 0.133. The predicted molar refractivity (Wildman–Crippen MR) is 94.8 cm³/mol. The fourth-order valence-corrected chi connectivity index (χ4v) is 4.82. The van der Waals surface area contributed by atoms with Gasteiger partial charge in [0, 0.05) is 32.6 Å². The molecule has 0 atom stereocenters. The summed E-state index contributed by atoms with van der Waals surface area (Å²) in [4.78, 5) is 14.3. The Kier molecular flexibility index (Phi) is 6.09. The summed E-state index contributed by atoms with van der Waals surface area (Å²) in [6.45, 7) is 3.75. The van der Waals surface area contributed by atoms with Crippen molar-refractivity contribution in [1.29, 1.82) is 0 Å². The van der Waals surface area contributed by atoms with Crippen LogP contribution in [0.15, 0.2) is 29.2 Å². The SMILES string of the molecule is O=C(CCc1ccc(S(=O)(=O)N2CCCCC2)cc1)N1CCOCC1. The molecule has 0 aromatic heterocycles. The van der Waals surface area contributed by atoms with Gasteiger partial charge in [0.2, 0.25) is 15.9 Å². The lowest BCUT2D eigenvalue weighted by Gasteiger charge is -2.27. The van der Waals surface area contributed by atoms with Gasteiger partial charge >= 0.3 is 0 Å². The topological polar surface area (TPSA) is 66.9 Å². The molecule has 138 valence electrons. The first-order chi connectivity index (χ1) is 12.1. The third kappa shape index (κ3) is 4.59. The van der Waals surface area contributed by atoms with Gasteiger partial charge in [-0.25, -0.2) is 8.42 Å². The van der Waals surface area contributed by atoms with Crippen molar-refractivity contribution < 1.29 is 17.9 Å². The van der Waals surface area contributed by atoms with Gasteiger partial charge < -0.3 is 9.64 Å². The maximum atomic E-state index is 12.6. The Bertz CT molecular complexity index is 676. The first-order valence-corrected chi connectivity index (χ1v) is 10.5. The minimum Gasteiger partial charge on any atom is -0.378 e. The van der Waals surface area contributed by atoms with Crippen LogP contribution in [-0.2, 0) is 26.0 Å². The quantitative estimate of drug-likeness (QED) is 0.795. The summed E-state index contributed by atoms with van der Waals surface area (Å²) in [7, 11) is -3.38. The van der Waals surface area contributed by atoms with E-state index in [2.05, 4.69) is 0 Å². The summed E-state index contributed by atoms with van der Waals surface area (Å²) < 4.78 is 32.1. The Morgan fingerprint density at radius 1 is 0.960 bits per heavy atom. The maximum absolute atomic E-state index is 12.6. The third-order valence-corrected chi connectivity index (χ3v) is 6.78. The molecule has 0 saturated carbocycles. The van der Waals surface area contributed by atoms with Crippen LogP contribution in [0.1, 0.15) is 31.2 Å². The van der Waals surface area contributed by atoms with Crippen LogP contribution >= 0.6 is 0 Å². The van der Waals surface area contributed by atoms with Crippen LogP contribution in [0.5, 0.6) is 0 Å². The van der Waals surface area contributed by atoms with Crippen molar-refractivity contribution in [3.8, 4) is 0 Å². The number of amides is 1. The van der Waals surface area contributed by atoms with Gasteiger partial charge in [0.25, 0.3) is 0 Å². The number of nitrogens with zero attached hydrogens (tertiary/aromatic N) is 2. The van der Waals surface area contributed by atoms with Crippen LogP contribution in [0.25, 0.3) is 0 Å². The van der Waals surface area contributed by atoms with E-state index in [-0.39, 0.29) is 5.91 Å². The number of carbonyl (C=O) groups excluding carboxylic acids is 1. The van der Waals surface area contributed by atoms with Crippen molar-refractivity contribution in [2.45, 2.75) is 37.0 Å². The molecule has 2 heterocycles. The molecule has 2 saturated heterocycles. The molecule has 7 heteroatoms. The molecule has 2 fully saturated rings. The second kappa shape index (κ2) is 8.29. The highest BCUT2D eigenvalue weighted by atomic mass is 32.2. The first kappa shape index (κ1) is 18.4. The van der Waals surface area contributed by atoms with Crippen molar-refractivity contribution >= 4 is 15.9 Å². The van der Waals surface area contributed by atoms with E-state index in [1.165, 1.54) is 0 Å². The molecule has 0 spiro atoms. The molecule has 2 aliphatic heterocycles. The van der Waals surface area contributed by atoms with Gasteiger partial charge in [-0.2, -0.15) is 4.31 Å². The summed E-state index contributed by atoms with van der Waals surface area (Å²) in [5.74, 6) is 0.133. The second-order valence-electron chi connectivity index (χ2n) is 6.60. The Morgan fingerprint density at radius 2 is 1.60 bits per heavy atom. The molecule has 25 heavy (non-hydrogen) atoms. The zero-order valence-corrected chi connectivity index (χ0v) is 15.3. The van der Waals surface area contributed by atoms with Gasteiger partial charge in [0.05, 0.1) is 18.1 Å². The molecular formula is C18H26N2O4S. The summed E-state index contributed by atoms with van der Waals surface area (Å²) in [5, 5.41) is 0. The van der Waals surface area contributed by atoms with Crippen LogP contribution < -0.4 is 0 Å². The van der Waals surface area contributed by atoms with Crippen molar-refractivity contribution in [2.24, 2.45) is 0 Å². The predicted octanol–water partition coefficient (Wildman–Crippen LogP) is 1.65. The Hall–Kier alpha value is -1.44. The van der Waals surface area contributed by atoms with E-state index < -0.39 is 10.0 Å². The van der Waals surface area contributed by atoms with Crippen molar-refractivity contribution in [2.75, 3.05) is 39.4 Å². The van der Waals surface area contributed by atoms with E-state index in [1.54, 1.807) is 16.4 Å². The van der Waals surface area contributed by atoms with Crippen LogP contribution in [0, 0.1) is 0 Å². The molecule has 0 aliphatic carbocycles. The number of piperidine rings is 1. The van der Waals surface area contributed by atoms with Crippen LogP contribution in [0.2, 0.25) is 0 Å². The average molecular weight is 366 g/mol. The van der Waals surface area contributed by atoms with Crippen LogP contribution in [0.3, 0.4) is 0 Å². The Morgan fingerprint density at radius 3 is 2.24 bits per heavy atom. The first-order valence-electron chi connectivity index (χ1n) is 9.02. The van der Waals surface area contributed by atoms with E-state index in [0.717, 1.165) is 24.8 Å². The van der Waals surface area contributed by atoms with Crippen LogP contribution in [-0.4, -0.2) is 62.9 Å².